The topological polar surface area (TPSA) is 50.8 Å². The van der Waals surface area contributed by atoms with Crippen LogP contribution < -0.4 is 4.74 Å². The Kier molecular flexibility index (Phi) is 3.17. The van der Waals surface area contributed by atoms with Gasteiger partial charge in [-0.3, -0.25) is 0 Å². The maximum absolute atomic E-state index is 5.39. The summed E-state index contributed by atoms with van der Waals surface area (Å²) in [5.41, 5.74) is 1.78. The van der Waals surface area contributed by atoms with Crippen molar-refractivity contribution in [1.82, 2.24) is 15.0 Å². The summed E-state index contributed by atoms with van der Waals surface area (Å²) in [6.45, 7) is 2.60. The Morgan fingerprint density at radius 2 is 2.11 bits per heavy atom. The van der Waals surface area contributed by atoms with Gasteiger partial charge in [0, 0.05) is 12.5 Å². The number of pyridine rings is 1. The molecule has 96 valence electrons. The molecule has 0 saturated heterocycles. The standard InChI is InChI=1S/C14H19N3O/c1-2-18-13-8-7-11-14(17-13)16-12(15-11)9-10-5-3-4-6-10/h7-8,10H,2-6,9H2,1H3,(H,15,16,17). The molecule has 1 fully saturated rings. The molecule has 4 nitrogen and oxygen atoms in total. The summed E-state index contributed by atoms with van der Waals surface area (Å²) in [5.74, 6) is 2.53. The quantitative estimate of drug-likeness (QED) is 0.900. The van der Waals surface area contributed by atoms with Crippen LogP contribution in [0.2, 0.25) is 0 Å². The Hall–Kier alpha value is -1.58. The summed E-state index contributed by atoms with van der Waals surface area (Å²) in [6.07, 6.45) is 6.49. The minimum atomic E-state index is 0.637. The van der Waals surface area contributed by atoms with Crippen molar-refractivity contribution in [1.29, 1.82) is 0 Å². The van der Waals surface area contributed by atoms with Gasteiger partial charge in [0.15, 0.2) is 5.65 Å². The monoisotopic (exact) mass is 245 g/mol. The summed E-state index contributed by atoms with van der Waals surface area (Å²) in [5, 5.41) is 0. The van der Waals surface area contributed by atoms with E-state index in [0.717, 1.165) is 29.3 Å². The number of imidazole rings is 1. The summed E-state index contributed by atoms with van der Waals surface area (Å²) in [4.78, 5) is 12.3. The lowest BCUT2D eigenvalue weighted by atomic mass is 10.0. The SMILES string of the molecule is CCOc1ccc2[nH]c(CC3CCCC3)nc2n1. The van der Waals surface area contributed by atoms with Crippen LogP contribution in [0.15, 0.2) is 12.1 Å². The van der Waals surface area contributed by atoms with Gasteiger partial charge in [-0.15, -0.1) is 0 Å². The van der Waals surface area contributed by atoms with Crippen molar-refractivity contribution in [3.05, 3.63) is 18.0 Å². The molecule has 1 N–H and O–H groups in total. The zero-order valence-corrected chi connectivity index (χ0v) is 10.8. The largest absolute Gasteiger partial charge is 0.478 e. The first kappa shape index (κ1) is 11.5. The molecule has 4 heteroatoms. The van der Waals surface area contributed by atoms with E-state index in [1.165, 1.54) is 25.7 Å². The first-order valence-electron chi connectivity index (χ1n) is 6.83. The Balaban J connectivity index is 1.81. The van der Waals surface area contributed by atoms with Crippen LogP contribution in [-0.2, 0) is 6.42 Å². The number of ether oxygens (including phenoxy) is 1. The van der Waals surface area contributed by atoms with Gasteiger partial charge < -0.3 is 9.72 Å². The van der Waals surface area contributed by atoms with E-state index in [2.05, 4.69) is 15.0 Å². The molecule has 2 heterocycles. The molecule has 0 bridgehead atoms. The molecule has 0 atom stereocenters. The lowest BCUT2D eigenvalue weighted by molar-refractivity contribution is 0.328. The molecular weight excluding hydrogens is 226 g/mol. The van der Waals surface area contributed by atoms with Crippen LogP contribution in [0.3, 0.4) is 0 Å². The van der Waals surface area contributed by atoms with Gasteiger partial charge in [-0.05, 0) is 18.9 Å². The Morgan fingerprint density at radius 1 is 1.28 bits per heavy atom. The second kappa shape index (κ2) is 4.96. The molecule has 18 heavy (non-hydrogen) atoms. The van der Waals surface area contributed by atoms with Gasteiger partial charge in [0.1, 0.15) is 5.82 Å². The van der Waals surface area contributed by atoms with E-state index in [0.29, 0.717) is 12.5 Å². The van der Waals surface area contributed by atoms with E-state index >= 15 is 0 Å². The highest BCUT2D eigenvalue weighted by Crippen LogP contribution is 2.27. The third-order valence-corrected chi connectivity index (χ3v) is 3.62. The maximum Gasteiger partial charge on any atom is 0.215 e. The number of aromatic nitrogens is 3. The molecule has 0 spiro atoms. The highest BCUT2D eigenvalue weighted by molar-refractivity contribution is 5.71. The van der Waals surface area contributed by atoms with E-state index in [1.807, 2.05) is 19.1 Å². The van der Waals surface area contributed by atoms with Crippen LogP contribution in [0.1, 0.15) is 38.4 Å². The highest BCUT2D eigenvalue weighted by atomic mass is 16.5. The van der Waals surface area contributed by atoms with Crippen molar-refractivity contribution in [3.63, 3.8) is 0 Å². The molecular formula is C14H19N3O. The average molecular weight is 245 g/mol. The molecule has 1 aliphatic carbocycles. The van der Waals surface area contributed by atoms with Gasteiger partial charge in [0.2, 0.25) is 5.88 Å². The summed E-state index contributed by atoms with van der Waals surface area (Å²) < 4.78 is 5.39. The summed E-state index contributed by atoms with van der Waals surface area (Å²) >= 11 is 0. The van der Waals surface area contributed by atoms with Crippen molar-refractivity contribution in [3.8, 4) is 5.88 Å². The van der Waals surface area contributed by atoms with Crippen molar-refractivity contribution in [2.75, 3.05) is 6.61 Å². The fraction of sp³-hybridized carbons (Fsp3) is 0.571. The number of rotatable bonds is 4. The van der Waals surface area contributed by atoms with Crippen LogP contribution >= 0.6 is 0 Å². The van der Waals surface area contributed by atoms with Crippen molar-refractivity contribution >= 4 is 11.2 Å². The van der Waals surface area contributed by atoms with Crippen molar-refractivity contribution in [2.45, 2.75) is 39.0 Å². The zero-order valence-electron chi connectivity index (χ0n) is 10.8. The van der Waals surface area contributed by atoms with Crippen LogP contribution in [0, 0.1) is 5.92 Å². The lowest BCUT2D eigenvalue weighted by Crippen LogP contribution is -2.00. The number of fused-ring (bicyclic) bond motifs is 1. The number of hydrogen-bond donors (Lipinski definition) is 1. The third kappa shape index (κ3) is 2.33. The number of H-pyrrole nitrogens is 1. The Morgan fingerprint density at radius 3 is 2.89 bits per heavy atom. The summed E-state index contributed by atoms with van der Waals surface area (Å²) in [6, 6.07) is 3.89. The number of hydrogen-bond acceptors (Lipinski definition) is 3. The lowest BCUT2D eigenvalue weighted by Gasteiger charge is -2.04. The van der Waals surface area contributed by atoms with Gasteiger partial charge in [-0.1, -0.05) is 25.7 Å². The molecule has 1 saturated carbocycles. The summed E-state index contributed by atoms with van der Waals surface area (Å²) in [7, 11) is 0. The van der Waals surface area contributed by atoms with E-state index in [1.54, 1.807) is 0 Å². The molecule has 0 amide bonds. The molecule has 3 rings (SSSR count). The first-order valence-corrected chi connectivity index (χ1v) is 6.83. The smallest absolute Gasteiger partial charge is 0.215 e. The molecule has 2 aromatic rings. The fourth-order valence-corrected chi connectivity index (χ4v) is 2.74. The predicted molar refractivity (Wildman–Crippen MR) is 70.7 cm³/mol. The van der Waals surface area contributed by atoms with Crippen LogP contribution in [0.25, 0.3) is 11.2 Å². The third-order valence-electron chi connectivity index (χ3n) is 3.62. The van der Waals surface area contributed by atoms with Gasteiger partial charge in [0.25, 0.3) is 0 Å². The van der Waals surface area contributed by atoms with Crippen LogP contribution in [0.5, 0.6) is 5.88 Å². The zero-order chi connectivity index (χ0) is 12.4. The van der Waals surface area contributed by atoms with E-state index in [-0.39, 0.29) is 0 Å². The molecule has 2 aromatic heterocycles. The molecule has 0 aromatic carbocycles. The molecule has 0 unspecified atom stereocenters. The Labute approximate surface area is 107 Å². The van der Waals surface area contributed by atoms with E-state index < -0.39 is 0 Å². The minimum absolute atomic E-state index is 0.637. The highest BCUT2D eigenvalue weighted by Gasteiger charge is 2.17. The van der Waals surface area contributed by atoms with Crippen LogP contribution in [0.4, 0.5) is 0 Å². The van der Waals surface area contributed by atoms with Crippen LogP contribution in [-0.4, -0.2) is 21.6 Å². The van der Waals surface area contributed by atoms with Gasteiger partial charge in [-0.25, -0.2) is 4.98 Å². The number of nitrogens with zero attached hydrogens (tertiary/aromatic N) is 2. The number of aromatic amines is 1. The Bertz CT molecular complexity index is 529. The number of nitrogens with one attached hydrogen (secondary N) is 1. The second-order valence-corrected chi connectivity index (χ2v) is 4.99. The van der Waals surface area contributed by atoms with Crippen molar-refractivity contribution < 1.29 is 4.74 Å². The van der Waals surface area contributed by atoms with Gasteiger partial charge >= 0.3 is 0 Å². The maximum atomic E-state index is 5.39. The minimum Gasteiger partial charge on any atom is -0.478 e. The van der Waals surface area contributed by atoms with Gasteiger partial charge in [-0.2, -0.15) is 4.98 Å². The predicted octanol–water partition coefficient (Wildman–Crippen LogP) is 3.09. The normalized spacial score (nSPS) is 16.5. The fourth-order valence-electron chi connectivity index (χ4n) is 2.74. The first-order chi connectivity index (χ1) is 8.85. The second-order valence-electron chi connectivity index (χ2n) is 4.99. The van der Waals surface area contributed by atoms with E-state index in [9.17, 15) is 0 Å². The average Bonchev–Trinajstić information content (AvgIpc) is 2.98. The van der Waals surface area contributed by atoms with Gasteiger partial charge in [0.05, 0.1) is 12.1 Å². The van der Waals surface area contributed by atoms with Crippen molar-refractivity contribution in [2.24, 2.45) is 5.92 Å². The molecule has 0 aliphatic heterocycles. The van der Waals surface area contributed by atoms with E-state index in [4.69, 9.17) is 4.74 Å². The molecule has 0 radical (unpaired) electrons. The molecule has 1 aliphatic rings.